The molecular weight excluding hydrogens is 361 g/mol. The number of nitrogens with zero attached hydrogens (tertiary/aromatic N) is 3. The second-order valence-electron chi connectivity index (χ2n) is 7.71. The molecule has 0 fully saturated rings. The number of anilines is 1. The quantitative estimate of drug-likeness (QED) is 0.848. The van der Waals surface area contributed by atoms with E-state index in [0.717, 1.165) is 0 Å². The fourth-order valence-electron chi connectivity index (χ4n) is 2.69. The van der Waals surface area contributed by atoms with Crippen LogP contribution in [0.15, 0.2) is 12.1 Å². The van der Waals surface area contributed by atoms with Crippen molar-refractivity contribution < 1.29 is 23.1 Å². The van der Waals surface area contributed by atoms with Crippen molar-refractivity contribution >= 4 is 22.9 Å². The second kappa shape index (κ2) is 6.53. The van der Waals surface area contributed by atoms with Crippen molar-refractivity contribution in [2.75, 3.05) is 5.32 Å². The van der Waals surface area contributed by atoms with E-state index in [2.05, 4.69) is 16.4 Å². The van der Waals surface area contributed by atoms with Gasteiger partial charge in [-0.25, -0.2) is 4.98 Å². The molecule has 0 aliphatic carbocycles. The Morgan fingerprint density at radius 3 is 2.37 bits per heavy atom. The van der Waals surface area contributed by atoms with Crippen molar-refractivity contribution in [3.05, 3.63) is 23.3 Å². The van der Waals surface area contributed by atoms with Gasteiger partial charge in [0.15, 0.2) is 5.60 Å². The number of hydrogen-bond donors (Lipinski definition) is 2. The van der Waals surface area contributed by atoms with Crippen molar-refractivity contribution in [1.29, 1.82) is 5.26 Å². The first kappa shape index (κ1) is 20.7. The van der Waals surface area contributed by atoms with E-state index in [1.807, 2.05) is 20.8 Å². The molecule has 1 aromatic carbocycles. The molecule has 2 N–H and O–H groups in total. The maximum Gasteiger partial charge on any atom is 0.417 e. The number of aromatic nitrogens is 2. The van der Waals surface area contributed by atoms with E-state index in [1.54, 1.807) is 23.6 Å². The number of amides is 1. The van der Waals surface area contributed by atoms with Gasteiger partial charge in [-0.2, -0.15) is 18.4 Å². The zero-order chi connectivity index (χ0) is 20.8. The molecule has 0 radical (unpaired) electrons. The van der Waals surface area contributed by atoms with E-state index < -0.39 is 29.6 Å². The van der Waals surface area contributed by atoms with E-state index in [4.69, 9.17) is 0 Å². The van der Waals surface area contributed by atoms with Crippen molar-refractivity contribution in [3.63, 3.8) is 0 Å². The van der Waals surface area contributed by atoms with Crippen LogP contribution >= 0.6 is 0 Å². The average Bonchev–Trinajstić information content (AvgIpc) is 2.80. The Bertz CT molecular complexity index is 931. The van der Waals surface area contributed by atoms with Gasteiger partial charge < -0.3 is 9.67 Å². The molecule has 0 aliphatic rings. The molecule has 146 valence electrons. The summed E-state index contributed by atoms with van der Waals surface area (Å²) in [4.78, 5) is 16.5. The zero-order valence-electron chi connectivity index (χ0n) is 15.7. The first-order valence-corrected chi connectivity index (χ1v) is 8.20. The average molecular weight is 382 g/mol. The van der Waals surface area contributed by atoms with Crippen molar-refractivity contribution in [2.24, 2.45) is 0 Å². The second-order valence-corrected chi connectivity index (χ2v) is 7.71. The highest BCUT2D eigenvalue weighted by Crippen LogP contribution is 2.34. The number of nitriles is 1. The molecule has 0 unspecified atom stereocenters. The molecule has 0 bridgehead atoms. The number of aliphatic hydroxyl groups is 1. The number of fused-ring (bicyclic) bond motifs is 1. The maximum atomic E-state index is 12.8. The minimum absolute atomic E-state index is 0.0509. The maximum absolute atomic E-state index is 12.8. The molecule has 0 aliphatic heterocycles. The molecule has 2 aromatic rings. The number of nitrogens with one attached hydrogen (secondary N) is 1. The molecule has 0 spiro atoms. The summed E-state index contributed by atoms with van der Waals surface area (Å²) in [6.07, 6.45) is -6.10. The third-order valence-corrected chi connectivity index (χ3v) is 4.16. The summed E-state index contributed by atoms with van der Waals surface area (Å²) in [7, 11) is 0. The number of carbonyl (C=O) groups is 1. The first-order valence-electron chi connectivity index (χ1n) is 8.20. The number of aryl methyl sites for hydroxylation is 1. The van der Waals surface area contributed by atoms with Crippen LogP contribution in [0.5, 0.6) is 0 Å². The van der Waals surface area contributed by atoms with E-state index in [0.29, 0.717) is 29.1 Å². The third-order valence-electron chi connectivity index (χ3n) is 4.16. The molecule has 1 aromatic heterocycles. The molecule has 1 heterocycles. The summed E-state index contributed by atoms with van der Waals surface area (Å²) >= 11 is 0. The molecular formula is C18H21F3N4O2. The standard InChI is InChI=1S/C18H21F3N4O2/c1-10-6-12-13(7-11(10)9-22)25(16(2,3)4)15(23-12)24-14(26)8-17(5,27)18(19,20)21/h6-7,27H,8H2,1-5H3,(H,23,24,26)/t17-/m0/s1. The van der Waals surface area contributed by atoms with Crippen molar-refractivity contribution in [2.45, 2.75) is 58.4 Å². The van der Waals surface area contributed by atoms with Gasteiger partial charge in [0.05, 0.1) is 29.1 Å². The van der Waals surface area contributed by atoms with Gasteiger partial charge in [0.25, 0.3) is 0 Å². The van der Waals surface area contributed by atoms with Gasteiger partial charge in [0, 0.05) is 5.54 Å². The van der Waals surface area contributed by atoms with Crippen LogP contribution < -0.4 is 5.32 Å². The minimum Gasteiger partial charge on any atom is -0.380 e. The topological polar surface area (TPSA) is 90.9 Å². The Hall–Kier alpha value is -2.60. The lowest BCUT2D eigenvalue weighted by Gasteiger charge is -2.27. The molecule has 0 saturated carbocycles. The number of carbonyl (C=O) groups excluding carboxylic acids is 1. The van der Waals surface area contributed by atoms with Gasteiger partial charge in [-0.15, -0.1) is 0 Å². The Balaban J connectivity index is 2.50. The third kappa shape index (κ3) is 4.06. The van der Waals surface area contributed by atoms with Crippen LogP contribution in [-0.4, -0.2) is 32.3 Å². The molecule has 27 heavy (non-hydrogen) atoms. The van der Waals surface area contributed by atoms with Crippen LogP contribution in [0.25, 0.3) is 11.0 Å². The molecule has 9 heteroatoms. The van der Waals surface area contributed by atoms with Crippen LogP contribution in [0.3, 0.4) is 0 Å². The van der Waals surface area contributed by atoms with Crippen LogP contribution in [0.1, 0.15) is 45.2 Å². The largest absolute Gasteiger partial charge is 0.417 e. The van der Waals surface area contributed by atoms with Crippen LogP contribution in [0, 0.1) is 18.3 Å². The van der Waals surface area contributed by atoms with E-state index in [1.165, 1.54) is 0 Å². The Kier molecular flexibility index (Phi) is 5.01. The van der Waals surface area contributed by atoms with E-state index in [-0.39, 0.29) is 5.95 Å². The highest BCUT2D eigenvalue weighted by molar-refractivity contribution is 5.92. The lowest BCUT2D eigenvalue weighted by Crippen LogP contribution is -2.45. The van der Waals surface area contributed by atoms with E-state index in [9.17, 15) is 28.3 Å². The van der Waals surface area contributed by atoms with Gasteiger partial charge in [-0.3, -0.25) is 10.1 Å². The Labute approximate surface area is 154 Å². The molecule has 1 atom stereocenters. The molecule has 0 saturated heterocycles. The smallest absolute Gasteiger partial charge is 0.380 e. The van der Waals surface area contributed by atoms with Crippen LogP contribution in [0.2, 0.25) is 0 Å². The number of alkyl halides is 3. The van der Waals surface area contributed by atoms with Gasteiger partial charge in [0.2, 0.25) is 11.9 Å². The van der Waals surface area contributed by atoms with E-state index >= 15 is 0 Å². The Morgan fingerprint density at radius 2 is 1.89 bits per heavy atom. The Morgan fingerprint density at radius 1 is 1.30 bits per heavy atom. The first-order chi connectivity index (χ1) is 12.2. The molecule has 1 amide bonds. The fourth-order valence-corrected chi connectivity index (χ4v) is 2.69. The summed E-state index contributed by atoms with van der Waals surface area (Å²) in [5.41, 5.74) is -1.53. The number of benzene rings is 1. The SMILES string of the molecule is Cc1cc2nc(NC(=O)C[C@](C)(O)C(F)(F)F)n(C(C)(C)C)c2cc1C#N. The lowest BCUT2D eigenvalue weighted by molar-refractivity contribution is -0.253. The highest BCUT2D eigenvalue weighted by atomic mass is 19.4. The lowest BCUT2D eigenvalue weighted by atomic mass is 10.0. The number of rotatable bonds is 3. The minimum atomic E-state index is -4.94. The molecule has 6 nitrogen and oxygen atoms in total. The number of hydrogen-bond acceptors (Lipinski definition) is 4. The van der Waals surface area contributed by atoms with Gasteiger partial charge in [-0.1, -0.05) is 0 Å². The van der Waals surface area contributed by atoms with Crippen molar-refractivity contribution in [1.82, 2.24) is 9.55 Å². The summed E-state index contributed by atoms with van der Waals surface area (Å²) in [6, 6.07) is 5.38. The predicted octanol–water partition coefficient (Wildman–Crippen LogP) is 3.61. The normalized spacial score (nSPS) is 14.7. The number of imidazole rings is 1. The van der Waals surface area contributed by atoms with Crippen LogP contribution in [0.4, 0.5) is 19.1 Å². The predicted molar refractivity (Wildman–Crippen MR) is 94.1 cm³/mol. The monoisotopic (exact) mass is 382 g/mol. The fraction of sp³-hybridized carbons (Fsp3) is 0.500. The van der Waals surface area contributed by atoms with Gasteiger partial charge in [-0.05, 0) is 52.3 Å². The highest BCUT2D eigenvalue weighted by Gasteiger charge is 2.51. The zero-order valence-corrected chi connectivity index (χ0v) is 15.7. The van der Waals surface area contributed by atoms with Gasteiger partial charge >= 0.3 is 6.18 Å². The molecule has 2 rings (SSSR count). The van der Waals surface area contributed by atoms with Crippen LogP contribution in [-0.2, 0) is 10.3 Å². The van der Waals surface area contributed by atoms with Gasteiger partial charge in [0.1, 0.15) is 0 Å². The summed E-state index contributed by atoms with van der Waals surface area (Å²) < 4.78 is 40.1. The van der Waals surface area contributed by atoms with Crippen molar-refractivity contribution in [3.8, 4) is 6.07 Å². The number of halogens is 3. The summed E-state index contributed by atoms with van der Waals surface area (Å²) in [5, 5.41) is 21.1. The summed E-state index contributed by atoms with van der Waals surface area (Å²) in [6.45, 7) is 7.79. The summed E-state index contributed by atoms with van der Waals surface area (Å²) in [5.74, 6) is -0.967.